The lowest BCUT2D eigenvalue weighted by Gasteiger charge is -2.37. The van der Waals surface area contributed by atoms with Gasteiger partial charge < -0.3 is 10.2 Å². The van der Waals surface area contributed by atoms with Gasteiger partial charge in [0.15, 0.2) is 5.13 Å². The maximum Gasteiger partial charge on any atom is 0.231 e. The van der Waals surface area contributed by atoms with Crippen molar-refractivity contribution in [1.82, 2.24) is 4.98 Å². The van der Waals surface area contributed by atoms with Crippen LogP contribution in [0.5, 0.6) is 0 Å². The summed E-state index contributed by atoms with van der Waals surface area (Å²) in [6.45, 7) is 1.26. The number of hydrogen-bond acceptors (Lipinski definition) is 4. The van der Waals surface area contributed by atoms with Gasteiger partial charge in [-0.25, -0.2) is 9.37 Å². The van der Waals surface area contributed by atoms with E-state index >= 15 is 0 Å². The third kappa shape index (κ3) is 3.01. The van der Waals surface area contributed by atoms with E-state index in [2.05, 4.69) is 26.2 Å². The Hall–Kier alpha value is -1.99. The van der Waals surface area contributed by atoms with Gasteiger partial charge in [-0.1, -0.05) is 27.3 Å². The Morgan fingerprint density at radius 3 is 2.75 bits per heavy atom. The summed E-state index contributed by atoms with van der Waals surface area (Å²) in [5.74, 6) is -0.300. The molecule has 4 rings (SSSR count). The summed E-state index contributed by atoms with van der Waals surface area (Å²) >= 11 is 4.82. The Balaban J connectivity index is 1.39. The van der Waals surface area contributed by atoms with Crippen LogP contribution in [0.1, 0.15) is 0 Å². The molecular formula is C17H13BrFN3OS. The molecular weight excluding hydrogens is 393 g/mol. The second kappa shape index (κ2) is 6.14. The summed E-state index contributed by atoms with van der Waals surface area (Å²) < 4.78 is 15.1. The molecule has 2 aromatic carbocycles. The van der Waals surface area contributed by atoms with Crippen molar-refractivity contribution >= 4 is 54.2 Å². The lowest BCUT2D eigenvalue weighted by Crippen LogP contribution is -2.52. The summed E-state index contributed by atoms with van der Waals surface area (Å²) in [6, 6.07) is 12.1. The number of amides is 1. The normalized spacial score (nSPS) is 14.7. The van der Waals surface area contributed by atoms with Crippen LogP contribution in [0.3, 0.4) is 0 Å². The van der Waals surface area contributed by atoms with E-state index in [9.17, 15) is 9.18 Å². The number of carbonyl (C=O) groups excluding carboxylic acids is 1. The van der Waals surface area contributed by atoms with Gasteiger partial charge in [0.1, 0.15) is 5.82 Å². The van der Waals surface area contributed by atoms with E-state index in [0.717, 1.165) is 25.5 Å². The van der Waals surface area contributed by atoms with Crippen molar-refractivity contribution in [2.45, 2.75) is 0 Å². The summed E-state index contributed by atoms with van der Waals surface area (Å²) in [6.07, 6.45) is 0. The third-order valence-corrected chi connectivity index (χ3v) is 5.58. The minimum atomic E-state index is -0.256. The molecule has 1 aliphatic heterocycles. The van der Waals surface area contributed by atoms with E-state index in [1.165, 1.54) is 23.5 Å². The van der Waals surface area contributed by atoms with Crippen LogP contribution in [-0.2, 0) is 4.79 Å². The third-order valence-electron chi connectivity index (χ3n) is 3.97. The standard InChI is InChI=1S/C17H13BrFN3OS/c18-11-1-4-13(5-2-11)20-16(23)10-8-22(9-10)17-21-14-6-3-12(19)7-15(14)24-17/h1-7,10H,8-9H2,(H,20,23). The molecule has 3 aromatic rings. The van der Waals surface area contributed by atoms with E-state index in [0.29, 0.717) is 13.1 Å². The Bertz CT molecular complexity index is 906. The smallest absolute Gasteiger partial charge is 0.231 e. The van der Waals surface area contributed by atoms with Crippen molar-refractivity contribution in [1.29, 1.82) is 0 Å². The second-order valence-corrected chi connectivity index (χ2v) is 7.63. The average molecular weight is 406 g/mol. The number of thiazole rings is 1. The fraction of sp³-hybridized carbons (Fsp3) is 0.176. The Morgan fingerprint density at radius 2 is 2.00 bits per heavy atom. The van der Waals surface area contributed by atoms with Crippen molar-refractivity contribution < 1.29 is 9.18 Å². The summed E-state index contributed by atoms with van der Waals surface area (Å²) in [5, 5.41) is 3.76. The second-order valence-electron chi connectivity index (χ2n) is 5.71. The van der Waals surface area contributed by atoms with E-state index < -0.39 is 0 Å². The minimum absolute atomic E-state index is 0.0146. The van der Waals surface area contributed by atoms with Crippen LogP contribution in [0.2, 0.25) is 0 Å². The molecule has 0 radical (unpaired) electrons. The van der Waals surface area contributed by atoms with Crippen LogP contribution in [0.4, 0.5) is 15.2 Å². The summed E-state index contributed by atoms with van der Waals surface area (Å²) in [4.78, 5) is 18.8. The molecule has 0 unspecified atom stereocenters. The highest BCUT2D eigenvalue weighted by Crippen LogP contribution is 2.33. The fourth-order valence-electron chi connectivity index (χ4n) is 2.60. The number of benzene rings is 2. The Morgan fingerprint density at radius 1 is 1.25 bits per heavy atom. The predicted octanol–water partition coefficient (Wildman–Crippen LogP) is 4.27. The highest BCUT2D eigenvalue weighted by atomic mass is 79.9. The maximum atomic E-state index is 13.3. The largest absolute Gasteiger partial charge is 0.346 e. The summed E-state index contributed by atoms with van der Waals surface area (Å²) in [7, 11) is 0. The number of rotatable bonds is 3. The number of nitrogens with zero attached hydrogens (tertiary/aromatic N) is 2. The molecule has 4 nitrogen and oxygen atoms in total. The fourth-order valence-corrected chi connectivity index (χ4v) is 3.87. The topological polar surface area (TPSA) is 45.2 Å². The molecule has 0 aliphatic carbocycles. The van der Waals surface area contributed by atoms with Crippen molar-refractivity contribution in [3.8, 4) is 0 Å². The lowest BCUT2D eigenvalue weighted by atomic mass is 10.00. The van der Waals surface area contributed by atoms with Crippen LogP contribution in [-0.4, -0.2) is 24.0 Å². The number of fused-ring (bicyclic) bond motifs is 1. The molecule has 24 heavy (non-hydrogen) atoms. The van der Waals surface area contributed by atoms with Gasteiger partial charge in [0.25, 0.3) is 0 Å². The molecule has 1 saturated heterocycles. The number of hydrogen-bond donors (Lipinski definition) is 1. The first-order chi connectivity index (χ1) is 11.6. The van der Waals surface area contributed by atoms with Crippen molar-refractivity contribution in [2.75, 3.05) is 23.3 Å². The molecule has 0 saturated carbocycles. The quantitative estimate of drug-likeness (QED) is 0.707. The van der Waals surface area contributed by atoms with Crippen LogP contribution in [0.25, 0.3) is 10.2 Å². The van der Waals surface area contributed by atoms with Gasteiger partial charge in [-0.2, -0.15) is 0 Å². The van der Waals surface area contributed by atoms with Crippen LogP contribution in [0.15, 0.2) is 46.9 Å². The van der Waals surface area contributed by atoms with Crippen LogP contribution >= 0.6 is 27.3 Å². The van der Waals surface area contributed by atoms with E-state index in [-0.39, 0.29) is 17.6 Å². The van der Waals surface area contributed by atoms with Gasteiger partial charge in [0.2, 0.25) is 5.91 Å². The zero-order chi connectivity index (χ0) is 16.7. The van der Waals surface area contributed by atoms with Crippen LogP contribution < -0.4 is 10.2 Å². The highest BCUT2D eigenvalue weighted by molar-refractivity contribution is 9.10. The van der Waals surface area contributed by atoms with E-state index in [1.807, 2.05) is 29.2 Å². The predicted molar refractivity (Wildman–Crippen MR) is 98.1 cm³/mol. The highest BCUT2D eigenvalue weighted by Gasteiger charge is 2.34. The van der Waals surface area contributed by atoms with Gasteiger partial charge >= 0.3 is 0 Å². The van der Waals surface area contributed by atoms with Gasteiger partial charge in [-0.3, -0.25) is 4.79 Å². The minimum Gasteiger partial charge on any atom is -0.346 e. The Kier molecular flexibility index (Phi) is 3.97. The average Bonchev–Trinajstić information content (AvgIpc) is 2.90. The first-order valence-electron chi connectivity index (χ1n) is 7.46. The van der Waals surface area contributed by atoms with Crippen molar-refractivity contribution in [2.24, 2.45) is 5.92 Å². The van der Waals surface area contributed by atoms with Gasteiger partial charge in [-0.05, 0) is 42.5 Å². The molecule has 1 fully saturated rings. The van der Waals surface area contributed by atoms with E-state index in [4.69, 9.17) is 0 Å². The molecule has 2 heterocycles. The zero-order valence-electron chi connectivity index (χ0n) is 12.5. The molecule has 0 atom stereocenters. The maximum absolute atomic E-state index is 13.3. The molecule has 1 N–H and O–H groups in total. The van der Waals surface area contributed by atoms with Gasteiger partial charge in [0, 0.05) is 23.2 Å². The molecule has 0 bridgehead atoms. The number of halogens is 2. The molecule has 1 aromatic heterocycles. The zero-order valence-corrected chi connectivity index (χ0v) is 14.9. The van der Waals surface area contributed by atoms with Crippen molar-refractivity contribution in [3.63, 3.8) is 0 Å². The first kappa shape index (κ1) is 15.5. The van der Waals surface area contributed by atoms with Crippen LogP contribution in [0, 0.1) is 11.7 Å². The number of anilines is 2. The molecule has 0 spiro atoms. The lowest BCUT2D eigenvalue weighted by molar-refractivity contribution is -0.120. The molecule has 1 amide bonds. The monoisotopic (exact) mass is 405 g/mol. The SMILES string of the molecule is O=C(Nc1ccc(Br)cc1)C1CN(c2nc3ccc(F)cc3s2)C1. The number of aromatic nitrogens is 1. The Labute approximate surface area is 150 Å². The van der Waals surface area contributed by atoms with E-state index in [1.54, 1.807) is 6.07 Å². The number of carbonyl (C=O) groups is 1. The molecule has 1 aliphatic rings. The molecule has 7 heteroatoms. The van der Waals surface area contributed by atoms with Gasteiger partial charge in [-0.15, -0.1) is 0 Å². The molecule has 122 valence electrons. The van der Waals surface area contributed by atoms with Gasteiger partial charge in [0.05, 0.1) is 16.1 Å². The van der Waals surface area contributed by atoms with Crippen molar-refractivity contribution in [3.05, 3.63) is 52.8 Å². The number of nitrogens with one attached hydrogen (secondary N) is 1. The first-order valence-corrected chi connectivity index (χ1v) is 9.07. The summed E-state index contributed by atoms with van der Waals surface area (Å²) in [5.41, 5.74) is 1.58.